The Morgan fingerprint density at radius 1 is 1.00 bits per heavy atom. The number of amides is 3. The average molecular weight is 614 g/mol. The van der Waals surface area contributed by atoms with Crippen LogP contribution in [0.25, 0.3) is 0 Å². The summed E-state index contributed by atoms with van der Waals surface area (Å²) >= 11 is 7.24. The number of ether oxygens (including phenoxy) is 2. The molecule has 0 spiro atoms. The van der Waals surface area contributed by atoms with E-state index in [1.807, 2.05) is 6.92 Å². The molecule has 0 unspecified atom stereocenters. The molecule has 0 aromatic heterocycles. The molecule has 11 heteroatoms. The predicted molar refractivity (Wildman–Crippen MR) is 132 cm³/mol. The lowest BCUT2D eigenvalue weighted by Gasteiger charge is -2.28. The second-order valence-corrected chi connectivity index (χ2v) is 11.2. The van der Waals surface area contributed by atoms with E-state index in [1.54, 1.807) is 12.1 Å². The molecule has 1 aromatic carbocycles. The Bertz CT molecular complexity index is 999. The van der Waals surface area contributed by atoms with Crippen molar-refractivity contribution in [3.63, 3.8) is 0 Å². The number of carbonyl (C=O) groups excluding carboxylic acids is 5. The maximum Gasteiger partial charge on any atom is 0.338 e. The van der Waals surface area contributed by atoms with Gasteiger partial charge in [0.2, 0.25) is 11.8 Å². The van der Waals surface area contributed by atoms with Crippen molar-refractivity contribution in [1.29, 1.82) is 0 Å². The first-order valence-electron chi connectivity index (χ1n) is 11.6. The van der Waals surface area contributed by atoms with Crippen LogP contribution in [0.1, 0.15) is 36.5 Å². The van der Waals surface area contributed by atoms with E-state index < -0.39 is 42.8 Å². The largest absolute Gasteiger partial charge is 0.462 e. The van der Waals surface area contributed by atoms with Crippen molar-refractivity contribution in [3.05, 3.63) is 29.8 Å². The van der Waals surface area contributed by atoms with Gasteiger partial charge >= 0.3 is 11.9 Å². The number of unbranched alkanes of at least 4 members (excludes halogenated alkanes) is 1. The first-order valence-corrected chi connectivity index (χ1v) is 13.4. The SMILES string of the molecule is CCCCOC(=O)c1ccc(NC(=O)COC(=O)CN2C(=O)[C@@H]3[C@H]4C[C@@H]([C@@H](Br)[C@H]4Br)[C@H]3C2=O)cc1. The van der Waals surface area contributed by atoms with Crippen molar-refractivity contribution in [1.82, 2.24) is 4.90 Å². The number of esters is 2. The molecule has 9 nitrogen and oxygen atoms in total. The van der Waals surface area contributed by atoms with Gasteiger partial charge in [-0.1, -0.05) is 45.2 Å². The molecule has 6 atom stereocenters. The van der Waals surface area contributed by atoms with E-state index in [-0.39, 0.29) is 33.3 Å². The van der Waals surface area contributed by atoms with Crippen molar-refractivity contribution in [3.8, 4) is 0 Å². The maximum atomic E-state index is 12.9. The summed E-state index contributed by atoms with van der Waals surface area (Å²) in [4.78, 5) is 63.3. The zero-order valence-corrected chi connectivity index (χ0v) is 22.2. The highest BCUT2D eigenvalue weighted by atomic mass is 79.9. The van der Waals surface area contributed by atoms with Crippen LogP contribution in [0, 0.1) is 23.7 Å². The number of carbonyl (C=O) groups is 5. The van der Waals surface area contributed by atoms with Crippen LogP contribution in [0.2, 0.25) is 0 Å². The minimum Gasteiger partial charge on any atom is -0.462 e. The molecule has 0 radical (unpaired) electrons. The highest BCUT2D eigenvalue weighted by Gasteiger charge is 2.66. The molecule has 4 rings (SSSR count). The van der Waals surface area contributed by atoms with Gasteiger partial charge in [0.05, 0.1) is 24.0 Å². The molecule has 3 fully saturated rings. The van der Waals surface area contributed by atoms with Crippen LogP contribution in [-0.2, 0) is 28.7 Å². The molecule has 1 aliphatic heterocycles. The smallest absolute Gasteiger partial charge is 0.338 e. The fourth-order valence-electron chi connectivity index (χ4n) is 5.17. The number of nitrogens with zero attached hydrogens (tertiary/aromatic N) is 1. The van der Waals surface area contributed by atoms with E-state index in [4.69, 9.17) is 9.47 Å². The Balaban J connectivity index is 1.24. The zero-order chi connectivity index (χ0) is 25.3. The maximum absolute atomic E-state index is 12.9. The van der Waals surface area contributed by atoms with Crippen LogP contribution in [0.3, 0.4) is 0 Å². The summed E-state index contributed by atoms with van der Waals surface area (Å²) < 4.78 is 10.1. The summed E-state index contributed by atoms with van der Waals surface area (Å²) in [5.74, 6) is -3.24. The van der Waals surface area contributed by atoms with Crippen molar-refractivity contribution >= 4 is 67.2 Å². The van der Waals surface area contributed by atoms with E-state index in [1.165, 1.54) is 12.1 Å². The highest BCUT2D eigenvalue weighted by Crippen LogP contribution is 2.60. The Hall–Kier alpha value is -2.27. The van der Waals surface area contributed by atoms with Crippen LogP contribution in [0.4, 0.5) is 5.69 Å². The topological polar surface area (TPSA) is 119 Å². The zero-order valence-electron chi connectivity index (χ0n) is 19.1. The van der Waals surface area contributed by atoms with Crippen molar-refractivity contribution in [2.75, 3.05) is 25.1 Å². The van der Waals surface area contributed by atoms with Gasteiger partial charge in [0.15, 0.2) is 6.61 Å². The fourth-order valence-corrected chi connectivity index (χ4v) is 7.04. The van der Waals surface area contributed by atoms with Gasteiger partial charge in [-0.2, -0.15) is 0 Å². The number of hydrogen-bond donors (Lipinski definition) is 1. The number of benzene rings is 1. The Kier molecular flexibility index (Phi) is 7.95. The summed E-state index contributed by atoms with van der Waals surface area (Å²) in [5.41, 5.74) is 0.777. The normalized spacial score (nSPS) is 28.7. The predicted octanol–water partition coefficient (Wildman–Crippen LogP) is 2.90. The molecular formula is C24H26Br2N2O7. The minimum absolute atomic E-state index is 0.0576. The molecule has 35 heavy (non-hydrogen) atoms. The number of fused-ring (bicyclic) bond motifs is 5. The highest BCUT2D eigenvalue weighted by molar-refractivity contribution is 9.12. The number of halogens is 2. The van der Waals surface area contributed by atoms with Crippen LogP contribution in [-0.4, -0.2) is 64.0 Å². The van der Waals surface area contributed by atoms with E-state index in [2.05, 4.69) is 37.2 Å². The van der Waals surface area contributed by atoms with Crippen LogP contribution in [0.5, 0.6) is 0 Å². The molecule has 3 amide bonds. The first-order chi connectivity index (χ1) is 16.7. The van der Waals surface area contributed by atoms with Crippen LogP contribution >= 0.6 is 31.9 Å². The van der Waals surface area contributed by atoms with Gasteiger partial charge in [-0.15, -0.1) is 0 Å². The number of hydrogen-bond acceptors (Lipinski definition) is 7. The second kappa shape index (κ2) is 10.8. The number of anilines is 1. The number of likely N-dealkylation sites (tertiary alicyclic amines) is 1. The third-order valence-electron chi connectivity index (χ3n) is 6.87. The Labute approximate surface area is 219 Å². The van der Waals surface area contributed by atoms with Crippen molar-refractivity contribution in [2.45, 2.75) is 35.8 Å². The molecule has 2 aliphatic carbocycles. The number of imide groups is 1. The van der Waals surface area contributed by atoms with Gasteiger partial charge in [-0.3, -0.25) is 24.1 Å². The van der Waals surface area contributed by atoms with Crippen molar-refractivity contribution < 1.29 is 33.4 Å². The quantitative estimate of drug-likeness (QED) is 0.197. The minimum atomic E-state index is -0.829. The van der Waals surface area contributed by atoms with Gasteiger partial charge in [0.25, 0.3) is 5.91 Å². The molecule has 1 N–H and O–H groups in total. The molecule has 3 aliphatic rings. The summed E-state index contributed by atoms with van der Waals surface area (Å²) in [7, 11) is 0. The Morgan fingerprint density at radius 2 is 1.60 bits per heavy atom. The van der Waals surface area contributed by atoms with Gasteiger partial charge in [0, 0.05) is 15.3 Å². The number of rotatable bonds is 9. The molecule has 2 saturated carbocycles. The number of nitrogens with one attached hydrogen (secondary N) is 1. The van der Waals surface area contributed by atoms with Crippen LogP contribution in [0.15, 0.2) is 24.3 Å². The number of alkyl halides is 2. The molecule has 1 aromatic rings. The lowest BCUT2D eigenvalue weighted by molar-refractivity contribution is -0.154. The van der Waals surface area contributed by atoms with E-state index in [0.29, 0.717) is 17.9 Å². The lowest BCUT2D eigenvalue weighted by Crippen LogP contribution is -2.38. The van der Waals surface area contributed by atoms with E-state index >= 15 is 0 Å². The summed E-state index contributed by atoms with van der Waals surface area (Å²) in [6.07, 6.45) is 2.51. The summed E-state index contributed by atoms with van der Waals surface area (Å²) in [5, 5.41) is 2.56. The Morgan fingerprint density at radius 3 is 2.17 bits per heavy atom. The van der Waals surface area contributed by atoms with Gasteiger partial charge < -0.3 is 14.8 Å². The summed E-state index contributed by atoms with van der Waals surface area (Å²) in [6, 6.07) is 6.14. The van der Waals surface area contributed by atoms with Gasteiger partial charge in [0.1, 0.15) is 6.54 Å². The average Bonchev–Trinajstić information content (AvgIpc) is 3.44. The molecule has 1 heterocycles. The van der Waals surface area contributed by atoms with Crippen LogP contribution < -0.4 is 5.32 Å². The molecule has 188 valence electrons. The van der Waals surface area contributed by atoms with Gasteiger partial charge in [-0.05, 0) is 48.9 Å². The third-order valence-corrected chi connectivity index (χ3v) is 10.1. The second-order valence-electron chi connectivity index (χ2n) is 9.04. The monoisotopic (exact) mass is 612 g/mol. The summed E-state index contributed by atoms with van der Waals surface area (Å²) in [6.45, 7) is 1.27. The molecular weight excluding hydrogens is 588 g/mol. The fraction of sp³-hybridized carbons (Fsp3) is 0.542. The lowest BCUT2D eigenvalue weighted by atomic mass is 9.81. The first kappa shape index (κ1) is 25.8. The van der Waals surface area contributed by atoms with E-state index in [9.17, 15) is 24.0 Å². The molecule has 2 bridgehead atoms. The van der Waals surface area contributed by atoms with Gasteiger partial charge in [-0.25, -0.2) is 4.79 Å². The third kappa shape index (κ3) is 5.16. The van der Waals surface area contributed by atoms with E-state index in [0.717, 1.165) is 24.2 Å². The van der Waals surface area contributed by atoms with Crippen molar-refractivity contribution in [2.24, 2.45) is 23.7 Å². The standard InChI is InChI=1S/C24H26Br2N2O7/c1-2-3-8-34-24(33)12-4-6-13(7-5-12)27-16(29)11-35-17(30)10-28-22(31)18-14-9-15(19(18)23(28)32)21(26)20(14)25/h4-7,14-15,18-21H,2-3,8-11H2,1H3,(H,27,29)/t14-,15-,18-,19-,20-,21+/m1/s1. The molecule has 1 saturated heterocycles.